The highest BCUT2D eigenvalue weighted by atomic mass is 16.5. The SMILES string of the molecule is CCCCCCOc1cccc(C(=O)n2c(C)cc3c(CC#N)cccc32)c1. The van der Waals surface area contributed by atoms with Crippen molar-refractivity contribution in [3.8, 4) is 11.8 Å². The number of ether oxygens (including phenoxy) is 1. The van der Waals surface area contributed by atoms with Gasteiger partial charge in [0.2, 0.25) is 0 Å². The predicted octanol–water partition coefficient (Wildman–Crippen LogP) is 5.66. The second kappa shape index (κ2) is 9.23. The van der Waals surface area contributed by atoms with E-state index in [-0.39, 0.29) is 5.91 Å². The lowest BCUT2D eigenvalue weighted by Gasteiger charge is -2.10. The molecular formula is C24H26N2O2. The number of hydrogen-bond donors (Lipinski definition) is 0. The van der Waals surface area contributed by atoms with Crippen molar-refractivity contribution in [2.45, 2.75) is 46.0 Å². The second-order valence-electron chi connectivity index (χ2n) is 7.05. The Labute approximate surface area is 166 Å². The minimum atomic E-state index is -0.0851. The first kappa shape index (κ1) is 19.7. The van der Waals surface area contributed by atoms with Gasteiger partial charge in [0.1, 0.15) is 5.75 Å². The molecule has 0 N–H and O–H groups in total. The number of benzene rings is 2. The van der Waals surface area contributed by atoms with E-state index in [2.05, 4.69) is 13.0 Å². The molecule has 1 aromatic heterocycles. The second-order valence-corrected chi connectivity index (χ2v) is 7.05. The number of nitriles is 1. The number of nitrogens with zero attached hydrogens (tertiary/aromatic N) is 2. The molecule has 0 bridgehead atoms. The summed E-state index contributed by atoms with van der Waals surface area (Å²) in [5, 5.41) is 10.0. The van der Waals surface area contributed by atoms with Crippen LogP contribution in [0.1, 0.15) is 54.2 Å². The van der Waals surface area contributed by atoms with Gasteiger partial charge in [-0.2, -0.15) is 5.26 Å². The Balaban J connectivity index is 1.85. The molecule has 0 fully saturated rings. The summed E-state index contributed by atoms with van der Waals surface area (Å²) in [7, 11) is 0. The number of carbonyl (C=O) groups is 1. The molecule has 4 nitrogen and oxygen atoms in total. The van der Waals surface area contributed by atoms with Crippen molar-refractivity contribution in [1.29, 1.82) is 5.26 Å². The van der Waals surface area contributed by atoms with Crippen LogP contribution in [0.15, 0.2) is 48.5 Å². The van der Waals surface area contributed by atoms with Crippen molar-refractivity contribution in [1.82, 2.24) is 4.57 Å². The molecule has 0 saturated heterocycles. The average Bonchev–Trinajstić information content (AvgIpc) is 3.04. The van der Waals surface area contributed by atoms with Crippen LogP contribution in [0.25, 0.3) is 10.9 Å². The molecule has 0 aliphatic heterocycles. The van der Waals surface area contributed by atoms with Crippen LogP contribution in [-0.2, 0) is 6.42 Å². The Morgan fingerprint density at radius 3 is 2.71 bits per heavy atom. The molecule has 0 aliphatic carbocycles. The largest absolute Gasteiger partial charge is 0.494 e. The van der Waals surface area contributed by atoms with Crippen molar-refractivity contribution < 1.29 is 9.53 Å². The number of fused-ring (bicyclic) bond motifs is 1. The van der Waals surface area contributed by atoms with Gasteiger partial charge in [0.05, 0.1) is 24.6 Å². The Hall–Kier alpha value is -3.06. The fourth-order valence-electron chi connectivity index (χ4n) is 3.50. The summed E-state index contributed by atoms with van der Waals surface area (Å²) in [5.74, 6) is 0.639. The van der Waals surface area contributed by atoms with Gasteiger partial charge in [-0.1, -0.05) is 44.4 Å². The Morgan fingerprint density at radius 2 is 1.93 bits per heavy atom. The van der Waals surface area contributed by atoms with Crippen LogP contribution in [0, 0.1) is 18.3 Å². The molecular weight excluding hydrogens is 348 g/mol. The molecule has 0 spiro atoms. The van der Waals surface area contributed by atoms with Crippen LogP contribution in [-0.4, -0.2) is 17.1 Å². The topological polar surface area (TPSA) is 55.0 Å². The lowest BCUT2D eigenvalue weighted by atomic mass is 10.1. The molecule has 28 heavy (non-hydrogen) atoms. The lowest BCUT2D eigenvalue weighted by Crippen LogP contribution is -2.13. The van der Waals surface area contributed by atoms with Gasteiger partial charge < -0.3 is 4.74 Å². The average molecular weight is 374 g/mol. The first-order valence-corrected chi connectivity index (χ1v) is 9.90. The molecule has 3 aromatic rings. The fourth-order valence-corrected chi connectivity index (χ4v) is 3.50. The molecule has 4 heteroatoms. The number of rotatable bonds is 8. The molecule has 0 saturated carbocycles. The standard InChI is InChI=1S/C24H26N2O2/c1-3-4-5-6-15-28-21-11-7-10-20(17-21)24(27)26-18(2)16-22-19(13-14-25)9-8-12-23(22)26/h7-12,16-17H,3-6,13,15H2,1-2H3. The van der Waals surface area contributed by atoms with E-state index in [1.807, 2.05) is 55.5 Å². The molecule has 1 heterocycles. The summed E-state index contributed by atoms with van der Waals surface area (Å²) in [6, 6.07) is 17.3. The number of unbranched alkanes of at least 4 members (excludes halogenated alkanes) is 3. The van der Waals surface area contributed by atoms with Crippen LogP contribution in [0.3, 0.4) is 0 Å². The summed E-state index contributed by atoms with van der Waals surface area (Å²) in [6.07, 6.45) is 4.93. The van der Waals surface area contributed by atoms with Crippen LogP contribution >= 0.6 is 0 Å². The third kappa shape index (κ3) is 4.26. The van der Waals surface area contributed by atoms with E-state index in [4.69, 9.17) is 10.00 Å². The van der Waals surface area contributed by atoms with Gasteiger partial charge in [-0.15, -0.1) is 0 Å². The first-order chi connectivity index (χ1) is 13.7. The van der Waals surface area contributed by atoms with E-state index < -0.39 is 0 Å². The van der Waals surface area contributed by atoms with E-state index in [1.165, 1.54) is 12.8 Å². The zero-order valence-corrected chi connectivity index (χ0v) is 16.6. The highest BCUT2D eigenvalue weighted by molar-refractivity contribution is 6.03. The number of aromatic nitrogens is 1. The number of hydrogen-bond acceptors (Lipinski definition) is 3. The van der Waals surface area contributed by atoms with Gasteiger partial charge in [0.25, 0.3) is 5.91 Å². The van der Waals surface area contributed by atoms with Crippen LogP contribution in [0.5, 0.6) is 5.75 Å². The minimum absolute atomic E-state index is 0.0851. The molecule has 3 rings (SSSR count). The summed E-state index contributed by atoms with van der Waals surface area (Å²) >= 11 is 0. The smallest absolute Gasteiger partial charge is 0.262 e. The monoisotopic (exact) mass is 374 g/mol. The van der Waals surface area contributed by atoms with Crippen LogP contribution in [0.2, 0.25) is 0 Å². The molecule has 0 atom stereocenters. The quantitative estimate of drug-likeness (QED) is 0.478. The van der Waals surface area contributed by atoms with Gasteiger partial charge in [-0.3, -0.25) is 9.36 Å². The fraction of sp³-hybridized carbons (Fsp3) is 0.333. The zero-order valence-electron chi connectivity index (χ0n) is 16.6. The number of aryl methyl sites for hydroxylation is 1. The maximum absolute atomic E-state index is 13.2. The van der Waals surface area contributed by atoms with Crippen LogP contribution in [0.4, 0.5) is 0 Å². The van der Waals surface area contributed by atoms with Gasteiger partial charge in [0.15, 0.2) is 0 Å². The predicted molar refractivity (Wildman–Crippen MR) is 112 cm³/mol. The van der Waals surface area contributed by atoms with Gasteiger partial charge in [-0.25, -0.2) is 0 Å². The summed E-state index contributed by atoms with van der Waals surface area (Å²) in [5.41, 5.74) is 3.23. The molecule has 144 valence electrons. The Bertz CT molecular complexity index is 1010. The van der Waals surface area contributed by atoms with E-state index in [0.717, 1.165) is 40.8 Å². The van der Waals surface area contributed by atoms with Gasteiger partial charge >= 0.3 is 0 Å². The van der Waals surface area contributed by atoms with E-state index in [0.29, 0.717) is 18.6 Å². The van der Waals surface area contributed by atoms with Crippen molar-refractivity contribution >= 4 is 16.8 Å². The van der Waals surface area contributed by atoms with E-state index >= 15 is 0 Å². The first-order valence-electron chi connectivity index (χ1n) is 9.90. The summed E-state index contributed by atoms with van der Waals surface area (Å²) in [4.78, 5) is 13.2. The third-order valence-corrected chi connectivity index (χ3v) is 4.94. The molecule has 0 amide bonds. The van der Waals surface area contributed by atoms with Crippen molar-refractivity contribution in [2.75, 3.05) is 6.61 Å². The normalized spacial score (nSPS) is 10.8. The Morgan fingerprint density at radius 1 is 1.11 bits per heavy atom. The molecule has 2 aromatic carbocycles. The van der Waals surface area contributed by atoms with Crippen LogP contribution < -0.4 is 4.74 Å². The van der Waals surface area contributed by atoms with E-state index in [1.54, 1.807) is 4.57 Å². The van der Waals surface area contributed by atoms with Crippen molar-refractivity contribution in [3.05, 3.63) is 65.4 Å². The third-order valence-electron chi connectivity index (χ3n) is 4.94. The van der Waals surface area contributed by atoms with E-state index in [9.17, 15) is 4.79 Å². The number of carbonyl (C=O) groups excluding carboxylic acids is 1. The van der Waals surface area contributed by atoms with Crippen molar-refractivity contribution in [2.24, 2.45) is 0 Å². The van der Waals surface area contributed by atoms with Crippen molar-refractivity contribution in [3.63, 3.8) is 0 Å². The molecule has 0 unspecified atom stereocenters. The lowest BCUT2D eigenvalue weighted by molar-refractivity contribution is 0.0962. The van der Waals surface area contributed by atoms with Gasteiger partial charge in [0, 0.05) is 16.6 Å². The summed E-state index contributed by atoms with van der Waals surface area (Å²) < 4.78 is 7.55. The highest BCUT2D eigenvalue weighted by Crippen LogP contribution is 2.25. The molecule has 0 radical (unpaired) electrons. The summed E-state index contributed by atoms with van der Waals surface area (Å²) in [6.45, 7) is 4.77. The highest BCUT2D eigenvalue weighted by Gasteiger charge is 2.16. The maximum atomic E-state index is 13.2. The minimum Gasteiger partial charge on any atom is -0.494 e. The maximum Gasteiger partial charge on any atom is 0.262 e. The molecule has 0 aliphatic rings. The van der Waals surface area contributed by atoms with Gasteiger partial charge in [-0.05, 0) is 49.2 Å². The zero-order chi connectivity index (χ0) is 19.9. The Kier molecular flexibility index (Phi) is 6.49.